The van der Waals surface area contributed by atoms with Crippen LogP contribution < -0.4 is 0 Å². The zero-order valence-electron chi connectivity index (χ0n) is 18.2. The summed E-state index contributed by atoms with van der Waals surface area (Å²) in [7, 11) is 3.38. The van der Waals surface area contributed by atoms with Gasteiger partial charge in [0, 0.05) is 25.7 Å². The Morgan fingerprint density at radius 2 is 1.83 bits per heavy atom. The third-order valence-electron chi connectivity index (χ3n) is 6.01. The van der Waals surface area contributed by atoms with E-state index in [0.29, 0.717) is 37.3 Å². The van der Waals surface area contributed by atoms with Crippen LogP contribution in [0.15, 0.2) is 17.9 Å². The van der Waals surface area contributed by atoms with Gasteiger partial charge in [-0.05, 0) is 62.4 Å². The molecule has 2 aliphatic heterocycles. The summed E-state index contributed by atoms with van der Waals surface area (Å²) in [6, 6.07) is 3.73. The van der Waals surface area contributed by atoms with Gasteiger partial charge in [0.15, 0.2) is 5.76 Å². The number of piperidine rings is 1. The van der Waals surface area contributed by atoms with Crippen LogP contribution >= 0.6 is 0 Å². The quantitative estimate of drug-likeness (QED) is 0.559. The Morgan fingerprint density at radius 3 is 2.33 bits per heavy atom. The van der Waals surface area contributed by atoms with E-state index in [4.69, 9.17) is 20.7 Å². The first-order valence-corrected chi connectivity index (χ1v) is 10.0. The van der Waals surface area contributed by atoms with Gasteiger partial charge in [0.2, 0.25) is 0 Å². The second-order valence-electron chi connectivity index (χ2n) is 7.63. The number of ether oxygens (including phenoxy) is 2. The minimum atomic E-state index is -0.808. The number of carbonyl (C=O) groups excluding carboxylic acids is 2. The Morgan fingerprint density at radius 1 is 1.23 bits per heavy atom. The average molecular weight is 412 g/mol. The molecule has 0 unspecified atom stereocenters. The summed E-state index contributed by atoms with van der Waals surface area (Å²) < 4.78 is 10.8. The molecule has 0 saturated carbocycles. The van der Waals surface area contributed by atoms with Gasteiger partial charge in [-0.25, -0.2) is 4.79 Å². The number of terminal acetylenes is 1. The lowest BCUT2D eigenvalue weighted by atomic mass is 9.84. The summed E-state index contributed by atoms with van der Waals surface area (Å²) in [4.78, 5) is 32.9. The summed E-state index contributed by atoms with van der Waals surface area (Å²) >= 11 is 0. The minimum absolute atomic E-state index is 0.181. The van der Waals surface area contributed by atoms with E-state index in [1.165, 1.54) is 0 Å². The van der Waals surface area contributed by atoms with E-state index in [0.717, 1.165) is 22.3 Å². The van der Waals surface area contributed by atoms with Crippen LogP contribution in [0.2, 0.25) is 0 Å². The molecule has 160 valence electrons. The maximum absolute atomic E-state index is 13.5. The Balaban J connectivity index is 2.20. The molecule has 0 radical (unpaired) electrons. The number of nitrogens with zero attached hydrogens (tertiary/aromatic N) is 2. The third-order valence-corrected chi connectivity index (χ3v) is 6.01. The van der Waals surface area contributed by atoms with Gasteiger partial charge in [-0.1, -0.05) is 5.92 Å². The van der Waals surface area contributed by atoms with Crippen molar-refractivity contribution in [1.29, 1.82) is 0 Å². The highest BCUT2D eigenvalue weighted by Gasteiger charge is 2.54. The zero-order valence-corrected chi connectivity index (χ0v) is 18.2. The largest absolute Gasteiger partial charge is 0.513 e. The molecule has 7 heteroatoms. The Labute approximate surface area is 177 Å². The summed E-state index contributed by atoms with van der Waals surface area (Å²) in [5, 5.41) is 1.84. The van der Waals surface area contributed by atoms with E-state index in [1.807, 2.05) is 31.0 Å². The fraction of sp³-hybridized carbons (Fsp3) is 0.478. The van der Waals surface area contributed by atoms with Crippen molar-refractivity contribution in [2.75, 3.05) is 33.9 Å². The van der Waals surface area contributed by atoms with Crippen molar-refractivity contribution in [3.8, 4) is 12.3 Å². The second-order valence-corrected chi connectivity index (χ2v) is 7.63. The molecule has 1 fully saturated rings. The van der Waals surface area contributed by atoms with Gasteiger partial charge < -0.3 is 19.2 Å². The Kier molecular flexibility index (Phi) is 6.20. The molecule has 2 aliphatic rings. The first-order valence-electron chi connectivity index (χ1n) is 10.0. The topological polar surface area (TPSA) is 68.3 Å². The first kappa shape index (κ1) is 21.9. The van der Waals surface area contributed by atoms with Crippen molar-refractivity contribution in [2.45, 2.75) is 39.2 Å². The average Bonchev–Trinajstić information content (AvgIpc) is 2.91. The van der Waals surface area contributed by atoms with Crippen LogP contribution in [0.1, 0.15) is 42.0 Å². The highest BCUT2D eigenvalue weighted by Crippen LogP contribution is 2.47. The molecular formula is C23H28N2O5. The van der Waals surface area contributed by atoms with Crippen LogP contribution in [0.5, 0.6) is 0 Å². The number of amides is 1. The first-order chi connectivity index (χ1) is 14.3. The van der Waals surface area contributed by atoms with E-state index in [2.05, 4.69) is 5.92 Å². The molecule has 2 heterocycles. The molecule has 0 aromatic heterocycles. The standard InChI is InChI=1S/C23H28N2O5/c1-7-17-13-15(3)18(16(4)14-17)19-20(30-22(27)29-8-2)23(24(5)21(19)26)9-11-25(28-6)12-10-23/h1,13-14H,8-12H2,2-6H3. The van der Waals surface area contributed by atoms with Crippen molar-refractivity contribution in [3.63, 3.8) is 0 Å². The molecule has 0 aliphatic carbocycles. The molecule has 1 spiro atoms. The SMILES string of the molecule is C#Cc1cc(C)c(C2=C(OC(=O)OCC)C3(CCN(OC)CC3)N(C)C2=O)c(C)c1. The van der Waals surface area contributed by atoms with Gasteiger partial charge in [-0.2, -0.15) is 5.06 Å². The van der Waals surface area contributed by atoms with Gasteiger partial charge in [0.1, 0.15) is 5.54 Å². The number of carbonyl (C=O) groups is 2. The lowest BCUT2D eigenvalue weighted by Gasteiger charge is -2.43. The summed E-state index contributed by atoms with van der Waals surface area (Å²) in [5.41, 5.74) is 2.86. The van der Waals surface area contributed by atoms with Crippen molar-refractivity contribution >= 4 is 17.6 Å². The fourth-order valence-electron chi connectivity index (χ4n) is 4.48. The summed E-state index contributed by atoms with van der Waals surface area (Å²) in [5.74, 6) is 2.81. The predicted molar refractivity (Wildman–Crippen MR) is 112 cm³/mol. The summed E-state index contributed by atoms with van der Waals surface area (Å²) in [6.07, 6.45) is 5.90. The van der Waals surface area contributed by atoms with Crippen LogP contribution in [0, 0.1) is 26.2 Å². The highest BCUT2D eigenvalue weighted by molar-refractivity contribution is 6.24. The van der Waals surface area contributed by atoms with Crippen LogP contribution in [0.3, 0.4) is 0 Å². The second kappa shape index (κ2) is 8.50. The molecular weight excluding hydrogens is 384 g/mol. The smallest absolute Gasteiger partial charge is 0.434 e. The predicted octanol–water partition coefficient (Wildman–Crippen LogP) is 3.04. The normalized spacial score (nSPS) is 18.7. The molecule has 0 N–H and O–H groups in total. The fourth-order valence-corrected chi connectivity index (χ4v) is 4.48. The maximum atomic E-state index is 13.5. The molecule has 0 bridgehead atoms. The molecule has 7 nitrogen and oxygen atoms in total. The molecule has 1 aromatic rings. The Bertz CT molecular complexity index is 912. The van der Waals surface area contributed by atoms with Gasteiger partial charge in [0.25, 0.3) is 5.91 Å². The maximum Gasteiger partial charge on any atom is 0.513 e. The van der Waals surface area contributed by atoms with Gasteiger partial charge in [-0.3, -0.25) is 4.79 Å². The number of rotatable bonds is 4. The lowest BCUT2D eigenvalue weighted by Crippen LogP contribution is -2.53. The van der Waals surface area contributed by atoms with E-state index in [9.17, 15) is 9.59 Å². The van der Waals surface area contributed by atoms with Crippen molar-refractivity contribution in [1.82, 2.24) is 9.96 Å². The Hall–Kier alpha value is -2.82. The van der Waals surface area contributed by atoms with Crippen LogP contribution in [-0.2, 0) is 19.1 Å². The number of benzene rings is 1. The molecule has 1 amide bonds. The monoisotopic (exact) mass is 412 g/mol. The van der Waals surface area contributed by atoms with Crippen molar-refractivity contribution in [3.05, 3.63) is 40.1 Å². The number of hydroxylamine groups is 2. The zero-order chi connectivity index (χ0) is 22.1. The van der Waals surface area contributed by atoms with E-state index in [-0.39, 0.29) is 12.5 Å². The number of hydrogen-bond donors (Lipinski definition) is 0. The molecule has 3 rings (SSSR count). The minimum Gasteiger partial charge on any atom is -0.434 e. The van der Waals surface area contributed by atoms with E-state index < -0.39 is 11.7 Å². The number of likely N-dealkylation sites (N-methyl/N-ethyl adjacent to an activating group) is 1. The highest BCUT2D eigenvalue weighted by atomic mass is 16.7. The van der Waals surface area contributed by atoms with Gasteiger partial charge in [-0.15, -0.1) is 6.42 Å². The van der Waals surface area contributed by atoms with Crippen LogP contribution in [0.4, 0.5) is 4.79 Å². The molecule has 1 aromatic carbocycles. The van der Waals surface area contributed by atoms with Crippen molar-refractivity contribution < 1.29 is 23.9 Å². The molecule has 30 heavy (non-hydrogen) atoms. The van der Waals surface area contributed by atoms with Crippen molar-refractivity contribution in [2.24, 2.45) is 0 Å². The van der Waals surface area contributed by atoms with Crippen LogP contribution in [-0.4, -0.2) is 61.4 Å². The van der Waals surface area contributed by atoms with E-state index in [1.54, 1.807) is 26.0 Å². The molecule has 1 saturated heterocycles. The number of aryl methyl sites for hydroxylation is 2. The molecule has 0 atom stereocenters. The van der Waals surface area contributed by atoms with E-state index >= 15 is 0 Å². The van der Waals surface area contributed by atoms with Gasteiger partial charge >= 0.3 is 6.16 Å². The lowest BCUT2D eigenvalue weighted by molar-refractivity contribution is -0.162. The summed E-state index contributed by atoms with van der Waals surface area (Å²) in [6.45, 7) is 6.91. The van der Waals surface area contributed by atoms with Gasteiger partial charge in [0.05, 0.1) is 19.3 Å². The number of hydrogen-bond acceptors (Lipinski definition) is 6. The van der Waals surface area contributed by atoms with Crippen LogP contribution in [0.25, 0.3) is 5.57 Å². The third kappa shape index (κ3) is 3.57.